The highest BCUT2D eigenvalue weighted by Crippen LogP contribution is 2.47. The van der Waals surface area contributed by atoms with Crippen LogP contribution in [0.25, 0.3) is 0 Å². The fraction of sp³-hybridized carbons (Fsp3) is 0.318. The molecule has 1 amide bonds. The number of carbonyl (C=O) groups excluding carboxylic acids is 1. The van der Waals surface area contributed by atoms with Gasteiger partial charge in [0.15, 0.2) is 0 Å². The molecule has 8 heteroatoms. The Morgan fingerprint density at radius 3 is 2.53 bits per heavy atom. The Morgan fingerprint density at radius 2 is 1.93 bits per heavy atom. The van der Waals surface area contributed by atoms with Gasteiger partial charge in [0.05, 0.1) is 17.2 Å². The lowest BCUT2D eigenvalue weighted by molar-refractivity contribution is 0.102. The summed E-state index contributed by atoms with van der Waals surface area (Å²) in [6, 6.07) is 14.2. The Balaban J connectivity index is 1.59. The van der Waals surface area contributed by atoms with Crippen molar-refractivity contribution in [2.45, 2.75) is 43.4 Å². The van der Waals surface area contributed by atoms with Gasteiger partial charge in [-0.1, -0.05) is 19.1 Å². The molecule has 1 N–H and O–H groups in total. The highest BCUT2D eigenvalue weighted by atomic mass is 32.2. The summed E-state index contributed by atoms with van der Waals surface area (Å²) in [5, 5.41) is 12.1. The Bertz CT molecular complexity index is 1190. The molecular weight excluding hydrogens is 400 g/mol. The maximum absolute atomic E-state index is 12.7. The van der Waals surface area contributed by atoms with E-state index in [2.05, 4.69) is 15.8 Å². The van der Waals surface area contributed by atoms with Crippen LogP contribution in [0.3, 0.4) is 0 Å². The van der Waals surface area contributed by atoms with Gasteiger partial charge in [0.2, 0.25) is 0 Å². The van der Waals surface area contributed by atoms with Crippen LogP contribution in [0.1, 0.15) is 49.0 Å². The fourth-order valence-electron chi connectivity index (χ4n) is 3.70. The molecule has 0 bridgehead atoms. The van der Waals surface area contributed by atoms with Gasteiger partial charge in [0.1, 0.15) is 10.7 Å². The van der Waals surface area contributed by atoms with Crippen molar-refractivity contribution < 1.29 is 13.2 Å². The molecule has 154 valence electrons. The van der Waals surface area contributed by atoms with Crippen LogP contribution in [0.4, 0.5) is 11.4 Å². The molecule has 1 aliphatic heterocycles. The van der Waals surface area contributed by atoms with Crippen LogP contribution in [-0.4, -0.2) is 26.7 Å². The predicted molar refractivity (Wildman–Crippen MR) is 115 cm³/mol. The average Bonchev–Trinajstić information content (AvgIpc) is 3.52. The van der Waals surface area contributed by atoms with Gasteiger partial charge >= 0.3 is 0 Å². The predicted octanol–water partition coefficient (Wildman–Crippen LogP) is 3.83. The normalized spacial score (nSPS) is 18.0. The molecule has 1 aliphatic carbocycles. The Hall–Kier alpha value is -3.18. The molecular formula is C22H22N4O3S. The number of rotatable bonds is 5. The number of amidine groups is 1. The Kier molecular flexibility index (Phi) is 4.86. The first-order valence-corrected chi connectivity index (χ1v) is 11.3. The molecule has 0 spiro atoms. The molecule has 0 radical (unpaired) electrons. The molecule has 1 saturated carbocycles. The first kappa shape index (κ1) is 20.1. The number of nitrogens with one attached hydrogen (secondary N) is 1. The summed E-state index contributed by atoms with van der Waals surface area (Å²) < 4.78 is 29.0. The zero-order valence-corrected chi connectivity index (χ0v) is 17.7. The van der Waals surface area contributed by atoms with Crippen LogP contribution < -0.4 is 10.2 Å². The van der Waals surface area contributed by atoms with E-state index in [0.29, 0.717) is 23.8 Å². The van der Waals surface area contributed by atoms with Crippen molar-refractivity contribution in [3.05, 3.63) is 53.6 Å². The summed E-state index contributed by atoms with van der Waals surface area (Å²) in [6.07, 6.45) is 2.54. The van der Waals surface area contributed by atoms with Crippen LogP contribution in [-0.2, 0) is 15.4 Å². The number of benzene rings is 2. The number of hydrogen-bond acceptors (Lipinski definition) is 5. The maximum Gasteiger partial charge on any atom is 0.286 e. The zero-order valence-electron chi connectivity index (χ0n) is 16.8. The molecule has 0 atom stereocenters. The maximum atomic E-state index is 12.7. The minimum atomic E-state index is -3.85. The highest BCUT2D eigenvalue weighted by Gasteiger charge is 2.44. The van der Waals surface area contributed by atoms with E-state index in [-0.39, 0.29) is 15.9 Å². The smallest absolute Gasteiger partial charge is 0.286 e. The standard InChI is InChI=1S/C22H22N4O3S/c1-3-12-26-15(2)25-30(28,29)20-13-16(4-9-19(20)26)21(27)24-18-7-5-17(6-8-18)22(14-23)10-11-22/h4-9,13H,3,10-12H2,1-2H3,(H,24,27). The van der Waals surface area contributed by atoms with Gasteiger partial charge in [0, 0.05) is 17.8 Å². The molecule has 2 aliphatic rings. The third kappa shape index (κ3) is 3.46. The third-order valence-corrected chi connectivity index (χ3v) is 6.93. The third-order valence-electron chi connectivity index (χ3n) is 5.54. The van der Waals surface area contributed by atoms with Gasteiger partial charge in [-0.15, -0.1) is 4.40 Å². The van der Waals surface area contributed by atoms with Gasteiger partial charge in [-0.05, 0) is 62.1 Å². The second kappa shape index (κ2) is 7.26. The lowest BCUT2D eigenvalue weighted by Crippen LogP contribution is -2.34. The molecule has 0 unspecified atom stereocenters. The van der Waals surface area contributed by atoms with Crippen LogP contribution in [0.2, 0.25) is 0 Å². The minimum Gasteiger partial charge on any atom is -0.328 e. The molecule has 0 aromatic heterocycles. The summed E-state index contributed by atoms with van der Waals surface area (Å²) in [5.41, 5.74) is 1.93. The molecule has 2 aromatic rings. The largest absolute Gasteiger partial charge is 0.328 e. The minimum absolute atomic E-state index is 0.0363. The average molecular weight is 423 g/mol. The van der Waals surface area contributed by atoms with Gasteiger partial charge in [-0.25, -0.2) is 0 Å². The Morgan fingerprint density at radius 1 is 1.23 bits per heavy atom. The van der Waals surface area contributed by atoms with E-state index >= 15 is 0 Å². The van der Waals surface area contributed by atoms with Crippen LogP contribution in [0.5, 0.6) is 0 Å². The first-order chi connectivity index (χ1) is 14.3. The van der Waals surface area contributed by atoms with E-state index in [9.17, 15) is 18.5 Å². The van der Waals surface area contributed by atoms with Crippen molar-refractivity contribution >= 4 is 33.1 Å². The van der Waals surface area contributed by atoms with Crippen molar-refractivity contribution in [1.29, 1.82) is 5.26 Å². The van der Waals surface area contributed by atoms with Gasteiger partial charge < -0.3 is 10.2 Å². The SMILES string of the molecule is CCCN1C(C)=NS(=O)(=O)c2cc(C(=O)Nc3ccc(C4(C#N)CC4)cc3)ccc21. The van der Waals surface area contributed by atoms with Crippen LogP contribution in [0, 0.1) is 11.3 Å². The quantitative estimate of drug-likeness (QED) is 0.789. The van der Waals surface area contributed by atoms with E-state index < -0.39 is 15.9 Å². The second-order valence-corrected chi connectivity index (χ2v) is 9.25. The van der Waals surface area contributed by atoms with Crippen LogP contribution >= 0.6 is 0 Å². The lowest BCUT2D eigenvalue weighted by Gasteiger charge is -2.29. The molecule has 30 heavy (non-hydrogen) atoms. The van der Waals surface area contributed by atoms with Crippen LogP contribution in [0.15, 0.2) is 51.8 Å². The molecule has 2 aromatic carbocycles. The van der Waals surface area contributed by atoms with Gasteiger partial charge in [-0.3, -0.25) is 4.79 Å². The lowest BCUT2D eigenvalue weighted by atomic mass is 9.97. The number of nitrogens with zero attached hydrogens (tertiary/aromatic N) is 3. The molecule has 4 rings (SSSR count). The molecule has 1 fully saturated rings. The van der Waals surface area contributed by atoms with E-state index in [4.69, 9.17) is 0 Å². The first-order valence-electron chi connectivity index (χ1n) is 9.86. The van der Waals surface area contributed by atoms with Gasteiger partial charge in [0.25, 0.3) is 15.9 Å². The summed E-state index contributed by atoms with van der Waals surface area (Å²) in [4.78, 5) is 14.6. The number of nitriles is 1. The van der Waals surface area contributed by atoms with Crippen molar-refractivity contribution in [1.82, 2.24) is 0 Å². The monoisotopic (exact) mass is 422 g/mol. The van der Waals surface area contributed by atoms with Crippen molar-refractivity contribution in [2.24, 2.45) is 4.40 Å². The van der Waals surface area contributed by atoms with E-state index in [1.165, 1.54) is 6.07 Å². The summed E-state index contributed by atoms with van der Waals surface area (Å²) in [7, 11) is -3.85. The fourth-order valence-corrected chi connectivity index (χ4v) is 4.97. The van der Waals surface area contributed by atoms with E-state index in [1.807, 2.05) is 24.0 Å². The van der Waals surface area contributed by atoms with E-state index in [0.717, 1.165) is 24.8 Å². The number of sulfonamides is 1. The van der Waals surface area contributed by atoms with Crippen molar-refractivity contribution in [3.63, 3.8) is 0 Å². The van der Waals surface area contributed by atoms with E-state index in [1.54, 1.807) is 31.2 Å². The highest BCUT2D eigenvalue weighted by molar-refractivity contribution is 7.90. The summed E-state index contributed by atoms with van der Waals surface area (Å²) >= 11 is 0. The van der Waals surface area contributed by atoms with Gasteiger partial charge in [-0.2, -0.15) is 13.7 Å². The zero-order chi connectivity index (χ0) is 21.5. The van der Waals surface area contributed by atoms with Crippen molar-refractivity contribution in [3.8, 4) is 6.07 Å². The summed E-state index contributed by atoms with van der Waals surface area (Å²) in [5.74, 6) is 0.0166. The number of fused-ring (bicyclic) bond motifs is 1. The number of anilines is 2. The molecule has 1 heterocycles. The number of carbonyl (C=O) groups is 1. The van der Waals surface area contributed by atoms with Crippen molar-refractivity contribution in [2.75, 3.05) is 16.8 Å². The number of hydrogen-bond donors (Lipinski definition) is 1. The number of amides is 1. The second-order valence-electron chi connectivity index (χ2n) is 7.67. The molecule has 0 saturated heterocycles. The molecule has 7 nitrogen and oxygen atoms in total. The Labute approximate surface area is 176 Å². The summed E-state index contributed by atoms with van der Waals surface area (Å²) in [6.45, 7) is 4.31. The topological polar surface area (TPSA) is 103 Å².